The van der Waals surface area contributed by atoms with E-state index in [2.05, 4.69) is 9.97 Å². The van der Waals surface area contributed by atoms with Gasteiger partial charge >= 0.3 is 0 Å². The molecule has 0 saturated heterocycles. The first-order chi connectivity index (χ1) is 9.60. The number of rotatable bonds is 2. The molecule has 3 N–H and O–H groups in total. The monoisotopic (exact) mass is 287 g/mol. The van der Waals surface area contributed by atoms with Crippen LogP contribution in [0.4, 0.5) is 5.95 Å². The second kappa shape index (κ2) is 4.64. The fraction of sp³-hybridized carbons (Fsp3) is 0.143. The van der Waals surface area contributed by atoms with E-state index in [1.54, 1.807) is 7.11 Å². The largest absolute Gasteiger partial charge is 0.497 e. The normalized spacial score (nSPS) is 10.9. The zero-order valence-electron chi connectivity index (χ0n) is 11.1. The average molecular weight is 287 g/mol. The average Bonchev–Trinajstić information content (AvgIpc) is 2.76. The molecule has 3 rings (SSSR count). The molecule has 6 heteroatoms. The highest BCUT2D eigenvalue weighted by Gasteiger charge is 2.14. The first-order valence-electron chi connectivity index (χ1n) is 6.03. The summed E-state index contributed by atoms with van der Waals surface area (Å²) in [4.78, 5) is 20.4. The van der Waals surface area contributed by atoms with Gasteiger partial charge in [0.2, 0.25) is 5.95 Å². The van der Waals surface area contributed by atoms with Crippen LogP contribution in [-0.4, -0.2) is 17.1 Å². The van der Waals surface area contributed by atoms with Crippen LogP contribution in [0.2, 0.25) is 0 Å². The van der Waals surface area contributed by atoms with Crippen molar-refractivity contribution in [3.05, 3.63) is 40.2 Å². The van der Waals surface area contributed by atoms with Crippen LogP contribution in [0.3, 0.4) is 0 Å². The number of hydrogen-bond acceptors (Lipinski definition) is 5. The number of aryl methyl sites for hydroxylation is 1. The topological polar surface area (TPSA) is 81.0 Å². The van der Waals surface area contributed by atoms with E-state index >= 15 is 0 Å². The highest BCUT2D eigenvalue weighted by molar-refractivity contribution is 7.22. The van der Waals surface area contributed by atoms with Crippen molar-refractivity contribution in [2.75, 3.05) is 12.8 Å². The van der Waals surface area contributed by atoms with E-state index < -0.39 is 0 Å². The molecule has 0 amide bonds. The number of thiophene rings is 1. The zero-order chi connectivity index (χ0) is 14.3. The number of benzene rings is 1. The Bertz CT molecular complexity index is 834. The number of anilines is 1. The highest BCUT2D eigenvalue weighted by Crippen LogP contribution is 2.36. The molecule has 2 heterocycles. The van der Waals surface area contributed by atoms with Crippen molar-refractivity contribution in [1.29, 1.82) is 0 Å². The Kier molecular flexibility index (Phi) is 2.94. The fourth-order valence-corrected chi connectivity index (χ4v) is 3.37. The molecule has 0 aliphatic rings. The lowest BCUT2D eigenvalue weighted by atomic mass is 10.1. The molecule has 20 heavy (non-hydrogen) atoms. The van der Waals surface area contributed by atoms with E-state index in [0.717, 1.165) is 21.8 Å². The van der Waals surface area contributed by atoms with Gasteiger partial charge in [0, 0.05) is 4.88 Å². The Labute approximate surface area is 119 Å². The number of H-pyrrole nitrogens is 1. The SMILES string of the molecule is COc1ccc(-c2sc3nc(N)[nH]c(=O)c3c2C)cc1. The standard InChI is InChI=1S/C14H13N3O2S/c1-7-10-12(18)16-14(15)17-13(10)20-11(7)8-3-5-9(19-2)6-4-8/h3-6H,1-2H3,(H3,15,16,17,18). The van der Waals surface area contributed by atoms with Crippen molar-refractivity contribution in [1.82, 2.24) is 9.97 Å². The van der Waals surface area contributed by atoms with E-state index in [-0.39, 0.29) is 11.5 Å². The number of nitrogens with two attached hydrogens (primary N) is 1. The number of hydrogen-bond donors (Lipinski definition) is 2. The molecular weight excluding hydrogens is 274 g/mol. The van der Waals surface area contributed by atoms with Gasteiger partial charge in [-0.2, -0.15) is 0 Å². The first kappa shape index (κ1) is 12.7. The van der Waals surface area contributed by atoms with Crippen LogP contribution in [-0.2, 0) is 0 Å². The summed E-state index contributed by atoms with van der Waals surface area (Å²) < 4.78 is 5.15. The summed E-state index contributed by atoms with van der Waals surface area (Å²) in [5.74, 6) is 0.942. The van der Waals surface area contributed by atoms with Gasteiger partial charge < -0.3 is 10.5 Å². The van der Waals surface area contributed by atoms with E-state index in [1.807, 2.05) is 31.2 Å². The minimum atomic E-state index is -0.194. The second-order valence-electron chi connectivity index (χ2n) is 4.42. The fourth-order valence-electron chi connectivity index (χ4n) is 2.18. The lowest BCUT2D eigenvalue weighted by Gasteiger charge is -2.02. The number of nitrogen functional groups attached to an aromatic ring is 1. The summed E-state index contributed by atoms with van der Waals surface area (Å²) in [6.07, 6.45) is 0. The molecule has 0 saturated carbocycles. The van der Waals surface area contributed by atoms with Crippen molar-refractivity contribution in [3.8, 4) is 16.2 Å². The van der Waals surface area contributed by atoms with E-state index in [4.69, 9.17) is 10.5 Å². The van der Waals surface area contributed by atoms with E-state index in [1.165, 1.54) is 11.3 Å². The predicted molar refractivity (Wildman–Crippen MR) is 81.4 cm³/mol. The molecule has 0 aliphatic heterocycles. The Morgan fingerprint density at radius 1 is 1.30 bits per heavy atom. The minimum Gasteiger partial charge on any atom is -0.497 e. The summed E-state index contributed by atoms with van der Waals surface area (Å²) in [5, 5.41) is 0.606. The third-order valence-corrected chi connectivity index (χ3v) is 4.41. The molecule has 0 unspecified atom stereocenters. The maximum atomic E-state index is 12.0. The van der Waals surface area contributed by atoms with Crippen molar-refractivity contribution in [2.24, 2.45) is 0 Å². The minimum absolute atomic E-state index is 0.144. The molecule has 5 nitrogen and oxygen atoms in total. The molecule has 0 radical (unpaired) electrons. The van der Waals surface area contributed by atoms with Gasteiger partial charge in [0.05, 0.1) is 12.5 Å². The quantitative estimate of drug-likeness (QED) is 0.759. The molecule has 0 aliphatic carbocycles. The Morgan fingerprint density at radius 3 is 2.65 bits per heavy atom. The van der Waals surface area contributed by atoms with Gasteiger partial charge in [0.1, 0.15) is 10.6 Å². The molecule has 0 fully saturated rings. The summed E-state index contributed by atoms with van der Waals surface area (Å²) in [7, 11) is 1.63. The van der Waals surface area contributed by atoms with Crippen LogP contribution in [0.25, 0.3) is 20.7 Å². The summed E-state index contributed by atoms with van der Waals surface area (Å²) in [6, 6.07) is 7.72. The number of methoxy groups -OCH3 is 1. The van der Waals surface area contributed by atoms with Gasteiger partial charge in [-0.1, -0.05) is 0 Å². The highest BCUT2D eigenvalue weighted by atomic mass is 32.1. The number of aromatic nitrogens is 2. The number of ether oxygens (including phenoxy) is 1. The molecule has 0 atom stereocenters. The van der Waals surface area contributed by atoms with Crippen molar-refractivity contribution >= 4 is 27.5 Å². The van der Waals surface area contributed by atoms with Gasteiger partial charge in [-0.15, -0.1) is 11.3 Å². The summed E-state index contributed by atoms with van der Waals surface area (Å²) in [5.41, 5.74) is 7.34. The van der Waals surface area contributed by atoms with Crippen LogP contribution in [0.15, 0.2) is 29.1 Å². The molecule has 2 aromatic heterocycles. The first-order valence-corrected chi connectivity index (χ1v) is 6.85. The molecule has 102 valence electrons. The van der Waals surface area contributed by atoms with Crippen molar-refractivity contribution < 1.29 is 4.74 Å². The van der Waals surface area contributed by atoms with Gasteiger partial charge in [-0.3, -0.25) is 9.78 Å². The zero-order valence-corrected chi connectivity index (χ0v) is 11.9. The molecule has 0 spiro atoms. The maximum absolute atomic E-state index is 12.0. The van der Waals surface area contributed by atoms with Crippen molar-refractivity contribution in [3.63, 3.8) is 0 Å². The summed E-state index contributed by atoms with van der Waals surface area (Å²) >= 11 is 1.47. The van der Waals surface area contributed by atoms with E-state index in [9.17, 15) is 4.79 Å². The molecule has 3 aromatic rings. The number of nitrogens with zero attached hydrogens (tertiary/aromatic N) is 1. The smallest absolute Gasteiger partial charge is 0.261 e. The van der Waals surface area contributed by atoms with Crippen LogP contribution in [0.1, 0.15) is 5.56 Å². The lowest BCUT2D eigenvalue weighted by molar-refractivity contribution is 0.415. The lowest BCUT2D eigenvalue weighted by Crippen LogP contribution is -2.10. The Balaban J connectivity index is 2.23. The van der Waals surface area contributed by atoms with Crippen molar-refractivity contribution in [2.45, 2.75) is 6.92 Å². The van der Waals surface area contributed by atoms with Crippen LogP contribution in [0, 0.1) is 6.92 Å². The van der Waals surface area contributed by atoms with Gasteiger partial charge in [0.15, 0.2) is 0 Å². The van der Waals surface area contributed by atoms with Gasteiger partial charge in [0.25, 0.3) is 5.56 Å². The van der Waals surface area contributed by atoms with Crippen LogP contribution >= 0.6 is 11.3 Å². The Morgan fingerprint density at radius 2 is 2.00 bits per heavy atom. The van der Waals surface area contributed by atoms with Crippen LogP contribution in [0.5, 0.6) is 5.75 Å². The third-order valence-electron chi connectivity index (χ3n) is 3.17. The number of fused-ring (bicyclic) bond motifs is 1. The Hall–Kier alpha value is -2.34. The predicted octanol–water partition coefficient (Wildman–Crippen LogP) is 2.55. The summed E-state index contributed by atoms with van der Waals surface area (Å²) in [6.45, 7) is 1.92. The van der Waals surface area contributed by atoms with E-state index in [0.29, 0.717) is 10.2 Å². The second-order valence-corrected chi connectivity index (χ2v) is 5.42. The van der Waals surface area contributed by atoms with Gasteiger partial charge in [-0.05, 0) is 42.3 Å². The number of aromatic amines is 1. The third kappa shape index (κ3) is 1.94. The number of nitrogens with one attached hydrogen (secondary N) is 1. The van der Waals surface area contributed by atoms with Crippen LogP contribution < -0.4 is 16.0 Å². The molecular formula is C14H13N3O2S. The molecule has 0 bridgehead atoms. The molecule has 1 aromatic carbocycles. The van der Waals surface area contributed by atoms with Gasteiger partial charge in [-0.25, -0.2) is 4.98 Å². The maximum Gasteiger partial charge on any atom is 0.261 e.